The molecule has 0 aliphatic carbocycles. The average Bonchev–Trinajstić information content (AvgIpc) is 1.81. The van der Waals surface area contributed by atoms with Gasteiger partial charge >= 0.3 is 0 Å². The first-order valence-electron chi connectivity index (χ1n) is 2.27. The van der Waals surface area contributed by atoms with Gasteiger partial charge in [0.2, 0.25) is 0 Å². The third-order valence-electron chi connectivity index (χ3n) is 0.450. The molecule has 0 spiro atoms. The zero-order valence-electron chi connectivity index (χ0n) is 5.02. The summed E-state index contributed by atoms with van der Waals surface area (Å²) in [4.78, 5) is 3.62. The van der Waals surface area contributed by atoms with Gasteiger partial charge in [0.25, 0.3) is 0 Å². The fourth-order valence-electron chi connectivity index (χ4n) is 0.194. The topological polar surface area (TPSA) is 12.4 Å². The van der Waals surface area contributed by atoms with Crippen molar-refractivity contribution in [1.29, 1.82) is 0 Å². The smallest absolute Gasteiger partial charge is 0.0873 e. The van der Waals surface area contributed by atoms with E-state index in [0.717, 1.165) is 0 Å². The van der Waals surface area contributed by atoms with Crippen LogP contribution in [0.15, 0.2) is 4.99 Å². The van der Waals surface area contributed by atoms with Gasteiger partial charge in [0, 0.05) is 6.04 Å². The molecule has 40 valence electrons. The van der Waals surface area contributed by atoms with Crippen LogP contribution in [-0.2, 0) is 0 Å². The summed E-state index contributed by atoms with van der Waals surface area (Å²) in [6, 6.07) is 2.50. The molecule has 0 radical (unpaired) electrons. The summed E-state index contributed by atoms with van der Waals surface area (Å²) in [6.45, 7) is 3.49. The van der Waals surface area contributed by atoms with Crippen molar-refractivity contribution in [2.75, 3.05) is 0 Å². The monoisotopic (exact) mass is 105 g/mol. The number of hydrogen-bond acceptors (Lipinski definition) is 1. The van der Waals surface area contributed by atoms with Crippen molar-refractivity contribution in [3.8, 4) is 23.8 Å². The van der Waals surface area contributed by atoms with Crippen LogP contribution in [0.5, 0.6) is 0 Å². The quantitative estimate of drug-likeness (QED) is 0.322. The molecule has 0 bridgehead atoms. The summed E-state index contributed by atoms with van der Waals surface area (Å²) in [5.74, 6) is 7.91. The van der Waals surface area contributed by atoms with Crippen LogP contribution in [0, 0.1) is 23.8 Å². The lowest BCUT2D eigenvalue weighted by atomic mass is 10.6. The highest BCUT2D eigenvalue weighted by molar-refractivity contribution is 5.78. The highest BCUT2D eigenvalue weighted by Crippen LogP contribution is 1.56. The van der Waals surface area contributed by atoms with Gasteiger partial charge < -0.3 is 0 Å². The van der Waals surface area contributed by atoms with E-state index in [1.807, 2.05) is 0 Å². The Hall–Kier alpha value is -1.21. The molecule has 0 aromatic rings. The highest BCUT2D eigenvalue weighted by atomic mass is 14.6. The van der Waals surface area contributed by atoms with Crippen LogP contribution < -0.4 is 0 Å². The van der Waals surface area contributed by atoms with Crippen LogP contribution in [0.25, 0.3) is 0 Å². The van der Waals surface area contributed by atoms with Gasteiger partial charge in [-0.3, -0.25) is 0 Å². The molecule has 0 atom stereocenters. The predicted octanol–water partition coefficient (Wildman–Crippen LogP) is 1.06. The van der Waals surface area contributed by atoms with Crippen molar-refractivity contribution in [3.63, 3.8) is 0 Å². The van der Waals surface area contributed by atoms with Crippen LogP contribution in [0.4, 0.5) is 0 Å². The first-order valence-corrected chi connectivity index (χ1v) is 2.27. The van der Waals surface area contributed by atoms with E-state index >= 15 is 0 Å². The maximum atomic E-state index is 3.62. The average molecular weight is 105 g/mol. The Morgan fingerprint density at radius 2 is 2.00 bits per heavy atom. The SMILES string of the molecule is CC#CC=NC#CC. The fraction of sp³-hybridized carbons (Fsp3) is 0.286. The standard InChI is InChI=1S/C7H7N/c1-3-5-7-8-6-4-2/h7H,1-2H3. The summed E-state index contributed by atoms with van der Waals surface area (Å²) in [7, 11) is 0. The van der Waals surface area contributed by atoms with Crippen molar-refractivity contribution in [2.45, 2.75) is 13.8 Å². The normalized spacial score (nSPS) is 6.75. The number of hydrogen-bond donors (Lipinski definition) is 0. The summed E-state index contributed by atoms with van der Waals surface area (Å²) in [5, 5.41) is 0. The molecule has 0 fully saturated rings. The second kappa shape index (κ2) is 5.79. The Kier molecular flexibility index (Phi) is 4.91. The molecule has 8 heavy (non-hydrogen) atoms. The highest BCUT2D eigenvalue weighted by Gasteiger charge is 1.52. The van der Waals surface area contributed by atoms with Crippen LogP contribution in [0.3, 0.4) is 0 Å². The first kappa shape index (κ1) is 6.79. The van der Waals surface area contributed by atoms with E-state index < -0.39 is 0 Å². The van der Waals surface area contributed by atoms with E-state index in [0.29, 0.717) is 0 Å². The van der Waals surface area contributed by atoms with E-state index in [1.54, 1.807) is 13.8 Å². The molecule has 0 N–H and O–H groups in total. The van der Waals surface area contributed by atoms with Gasteiger partial charge in [-0.25, -0.2) is 0 Å². The Balaban J connectivity index is 3.56. The zero-order chi connectivity index (χ0) is 6.24. The Morgan fingerprint density at radius 1 is 1.25 bits per heavy atom. The third kappa shape index (κ3) is 4.79. The molecule has 1 nitrogen and oxygen atoms in total. The predicted molar refractivity (Wildman–Crippen MR) is 35.4 cm³/mol. The molecule has 0 aromatic heterocycles. The minimum atomic E-state index is 1.48. The molecule has 0 aliphatic rings. The third-order valence-corrected chi connectivity index (χ3v) is 0.450. The van der Waals surface area contributed by atoms with Crippen molar-refractivity contribution in [3.05, 3.63) is 0 Å². The van der Waals surface area contributed by atoms with Gasteiger partial charge in [-0.2, -0.15) is 4.99 Å². The van der Waals surface area contributed by atoms with E-state index in [2.05, 4.69) is 28.8 Å². The lowest BCUT2D eigenvalue weighted by Crippen LogP contribution is -1.59. The molecule has 0 rings (SSSR count). The maximum absolute atomic E-state index is 3.62. The maximum Gasteiger partial charge on any atom is 0.0873 e. The molecule has 0 amide bonds. The summed E-state index contributed by atoms with van der Waals surface area (Å²) >= 11 is 0. The van der Waals surface area contributed by atoms with E-state index in [-0.39, 0.29) is 0 Å². The fourth-order valence-corrected chi connectivity index (χ4v) is 0.194. The second-order valence-corrected chi connectivity index (χ2v) is 1.01. The van der Waals surface area contributed by atoms with Gasteiger partial charge in [0.15, 0.2) is 0 Å². The van der Waals surface area contributed by atoms with Gasteiger partial charge in [0.1, 0.15) is 0 Å². The molecule has 0 aromatic carbocycles. The molecule has 0 unspecified atom stereocenters. The van der Waals surface area contributed by atoms with Gasteiger partial charge in [0.05, 0.1) is 6.21 Å². The van der Waals surface area contributed by atoms with Crippen molar-refractivity contribution in [2.24, 2.45) is 4.99 Å². The van der Waals surface area contributed by atoms with Gasteiger partial charge in [-0.15, -0.1) is 5.92 Å². The van der Waals surface area contributed by atoms with E-state index in [4.69, 9.17) is 0 Å². The molecule has 0 saturated carbocycles. The minimum Gasteiger partial charge on any atom is -0.197 e. The molecular weight excluding hydrogens is 98.1 g/mol. The van der Waals surface area contributed by atoms with Crippen LogP contribution in [0.2, 0.25) is 0 Å². The molecular formula is C7H7N. The van der Waals surface area contributed by atoms with Crippen molar-refractivity contribution in [1.82, 2.24) is 0 Å². The summed E-state index contributed by atoms with van der Waals surface area (Å²) < 4.78 is 0. The molecule has 0 heterocycles. The second-order valence-electron chi connectivity index (χ2n) is 1.01. The van der Waals surface area contributed by atoms with Gasteiger partial charge in [-0.05, 0) is 13.8 Å². The number of rotatable bonds is 0. The Morgan fingerprint density at radius 3 is 2.50 bits per heavy atom. The van der Waals surface area contributed by atoms with E-state index in [9.17, 15) is 0 Å². The molecule has 1 heteroatoms. The molecule has 0 saturated heterocycles. The summed E-state index contributed by atoms with van der Waals surface area (Å²) in [5.41, 5.74) is 0. The largest absolute Gasteiger partial charge is 0.197 e. The van der Waals surface area contributed by atoms with E-state index in [1.165, 1.54) is 6.21 Å². The van der Waals surface area contributed by atoms with Crippen LogP contribution in [0.1, 0.15) is 13.8 Å². The van der Waals surface area contributed by atoms with Crippen LogP contribution >= 0.6 is 0 Å². The lowest BCUT2D eigenvalue weighted by Gasteiger charge is -1.60. The van der Waals surface area contributed by atoms with Crippen LogP contribution in [-0.4, -0.2) is 6.21 Å². The Bertz CT molecular complexity index is 158. The minimum absolute atomic E-state index is 1.48. The zero-order valence-corrected chi connectivity index (χ0v) is 5.02. The van der Waals surface area contributed by atoms with Gasteiger partial charge in [-0.1, -0.05) is 11.8 Å². The lowest BCUT2D eigenvalue weighted by molar-refractivity contribution is 1.70. The number of aliphatic imine (C=N–C) groups is 1. The van der Waals surface area contributed by atoms with Crippen molar-refractivity contribution < 1.29 is 0 Å². The van der Waals surface area contributed by atoms with Crippen molar-refractivity contribution >= 4 is 6.21 Å². The number of nitrogens with zero attached hydrogens (tertiary/aromatic N) is 1. The first-order chi connectivity index (χ1) is 3.91. The Labute approximate surface area is 49.8 Å². The molecule has 0 aliphatic heterocycles. The summed E-state index contributed by atoms with van der Waals surface area (Å²) in [6.07, 6.45) is 1.48.